The van der Waals surface area contributed by atoms with E-state index in [1.54, 1.807) is 10.8 Å². The van der Waals surface area contributed by atoms with Crippen LogP contribution in [0.2, 0.25) is 0 Å². The van der Waals surface area contributed by atoms with Gasteiger partial charge in [0.05, 0.1) is 26.7 Å². The molecule has 0 aliphatic carbocycles. The van der Waals surface area contributed by atoms with Crippen LogP contribution in [0.4, 0.5) is 0 Å². The SMILES string of the molecule is CCSSCC(NC(=O)CCC(N)C(=O)OC)C(=O)CCC(=O)OC. The van der Waals surface area contributed by atoms with E-state index in [2.05, 4.69) is 14.8 Å². The summed E-state index contributed by atoms with van der Waals surface area (Å²) in [4.78, 5) is 46.6. The van der Waals surface area contributed by atoms with Crippen molar-refractivity contribution in [2.45, 2.75) is 44.7 Å². The number of hydrogen-bond donors (Lipinski definition) is 2. The first-order valence-electron chi connectivity index (χ1n) is 7.82. The van der Waals surface area contributed by atoms with Gasteiger partial charge in [-0.2, -0.15) is 0 Å². The van der Waals surface area contributed by atoms with Gasteiger partial charge in [0.25, 0.3) is 0 Å². The summed E-state index contributed by atoms with van der Waals surface area (Å²) < 4.78 is 9.01. The maximum Gasteiger partial charge on any atom is 0.322 e. The lowest BCUT2D eigenvalue weighted by Crippen LogP contribution is -2.43. The van der Waals surface area contributed by atoms with Gasteiger partial charge in [0, 0.05) is 24.3 Å². The van der Waals surface area contributed by atoms with Crippen molar-refractivity contribution < 1.29 is 28.7 Å². The van der Waals surface area contributed by atoms with E-state index in [1.165, 1.54) is 25.0 Å². The minimum Gasteiger partial charge on any atom is -0.469 e. The summed E-state index contributed by atoms with van der Waals surface area (Å²) in [6.45, 7) is 1.98. The van der Waals surface area contributed by atoms with E-state index < -0.39 is 24.0 Å². The third-order valence-corrected chi connectivity index (χ3v) is 5.64. The zero-order chi connectivity index (χ0) is 19.2. The third kappa shape index (κ3) is 11.1. The van der Waals surface area contributed by atoms with Crippen LogP contribution in [-0.4, -0.2) is 61.4 Å². The molecule has 0 aliphatic rings. The third-order valence-electron chi connectivity index (χ3n) is 3.15. The van der Waals surface area contributed by atoms with E-state index in [-0.39, 0.29) is 37.4 Å². The van der Waals surface area contributed by atoms with E-state index in [1.807, 2.05) is 6.92 Å². The Kier molecular flexibility index (Phi) is 13.3. The summed E-state index contributed by atoms with van der Waals surface area (Å²) in [5.41, 5.74) is 5.58. The molecule has 0 saturated heterocycles. The van der Waals surface area contributed by atoms with Crippen molar-refractivity contribution in [2.75, 3.05) is 25.7 Å². The molecule has 0 fully saturated rings. The lowest BCUT2D eigenvalue weighted by molar-refractivity contribution is -0.142. The number of nitrogens with two attached hydrogens (primary N) is 1. The zero-order valence-corrected chi connectivity index (χ0v) is 16.4. The van der Waals surface area contributed by atoms with Gasteiger partial charge in [-0.25, -0.2) is 0 Å². The molecule has 0 aromatic heterocycles. The largest absolute Gasteiger partial charge is 0.469 e. The number of carbonyl (C=O) groups excluding carboxylic acids is 4. The molecular formula is C15H26N2O6S2. The molecule has 0 spiro atoms. The van der Waals surface area contributed by atoms with Gasteiger partial charge in [-0.15, -0.1) is 0 Å². The van der Waals surface area contributed by atoms with Crippen molar-refractivity contribution in [1.29, 1.82) is 0 Å². The molecule has 0 aliphatic heterocycles. The second kappa shape index (κ2) is 14.0. The first-order valence-corrected chi connectivity index (χ1v) is 10.3. The fourth-order valence-electron chi connectivity index (χ4n) is 1.74. The van der Waals surface area contributed by atoms with E-state index in [0.29, 0.717) is 5.75 Å². The van der Waals surface area contributed by atoms with Crippen molar-refractivity contribution in [1.82, 2.24) is 5.32 Å². The Morgan fingerprint density at radius 3 is 2.28 bits per heavy atom. The highest BCUT2D eigenvalue weighted by Gasteiger charge is 2.23. The number of rotatable bonds is 13. The average Bonchev–Trinajstić information content (AvgIpc) is 2.62. The first-order chi connectivity index (χ1) is 11.8. The predicted molar refractivity (Wildman–Crippen MR) is 98.0 cm³/mol. The highest BCUT2D eigenvalue weighted by molar-refractivity contribution is 8.76. The van der Waals surface area contributed by atoms with Gasteiger partial charge in [-0.05, 0) is 6.42 Å². The monoisotopic (exact) mass is 394 g/mol. The van der Waals surface area contributed by atoms with Crippen LogP contribution < -0.4 is 11.1 Å². The number of esters is 2. The van der Waals surface area contributed by atoms with Crippen molar-refractivity contribution in [2.24, 2.45) is 5.73 Å². The number of amides is 1. The molecule has 2 atom stereocenters. The van der Waals surface area contributed by atoms with E-state index in [9.17, 15) is 19.2 Å². The Morgan fingerprint density at radius 2 is 1.72 bits per heavy atom. The van der Waals surface area contributed by atoms with Crippen molar-refractivity contribution in [3.05, 3.63) is 0 Å². The molecule has 0 aromatic rings. The summed E-state index contributed by atoms with van der Waals surface area (Å²) in [5, 5.41) is 2.65. The average molecular weight is 395 g/mol. The van der Waals surface area contributed by atoms with Crippen molar-refractivity contribution >= 4 is 45.2 Å². The fourth-order valence-corrected chi connectivity index (χ4v) is 3.60. The Morgan fingerprint density at radius 1 is 1.04 bits per heavy atom. The number of ketones is 1. The van der Waals surface area contributed by atoms with Gasteiger partial charge in [0.2, 0.25) is 5.91 Å². The Bertz CT molecular complexity index is 461. The Balaban J connectivity index is 4.54. The number of hydrogen-bond acceptors (Lipinski definition) is 9. The maximum atomic E-state index is 12.2. The quantitative estimate of drug-likeness (QED) is 0.263. The van der Waals surface area contributed by atoms with Crippen LogP contribution in [-0.2, 0) is 28.7 Å². The minimum absolute atomic E-state index is 0.00261. The molecule has 0 saturated carbocycles. The van der Waals surface area contributed by atoms with Gasteiger partial charge < -0.3 is 20.5 Å². The van der Waals surface area contributed by atoms with Gasteiger partial charge in [-0.1, -0.05) is 28.5 Å². The smallest absolute Gasteiger partial charge is 0.322 e. The lowest BCUT2D eigenvalue weighted by atomic mass is 10.1. The van der Waals surface area contributed by atoms with Crippen LogP contribution in [0, 0.1) is 0 Å². The molecule has 1 amide bonds. The van der Waals surface area contributed by atoms with E-state index in [0.717, 1.165) is 5.75 Å². The van der Waals surface area contributed by atoms with Crippen LogP contribution >= 0.6 is 21.6 Å². The normalized spacial score (nSPS) is 12.8. The summed E-state index contributed by atoms with van der Waals surface area (Å²) in [6.07, 6.45) is 0.0955. The zero-order valence-electron chi connectivity index (χ0n) is 14.7. The van der Waals surface area contributed by atoms with Crippen LogP contribution in [0.1, 0.15) is 32.6 Å². The first kappa shape index (κ1) is 23.7. The number of carbonyl (C=O) groups is 4. The summed E-state index contributed by atoms with van der Waals surface area (Å²) in [7, 11) is 5.52. The minimum atomic E-state index is -0.880. The molecule has 25 heavy (non-hydrogen) atoms. The molecular weight excluding hydrogens is 368 g/mol. The van der Waals surface area contributed by atoms with Crippen LogP contribution in [0.3, 0.4) is 0 Å². The molecule has 144 valence electrons. The number of nitrogens with one attached hydrogen (secondary N) is 1. The van der Waals surface area contributed by atoms with Crippen LogP contribution in [0.5, 0.6) is 0 Å². The number of ether oxygens (including phenoxy) is 2. The maximum absolute atomic E-state index is 12.2. The Hall–Kier alpha value is -1.26. The second-order valence-corrected chi connectivity index (χ2v) is 7.82. The highest BCUT2D eigenvalue weighted by atomic mass is 33.1. The van der Waals surface area contributed by atoms with Crippen LogP contribution in [0.25, 0.3) is 0 Å². The van der Waals surface area contributed by atoms with Crippen LogP contribution in [0.15, 0.2) is 0 Å². The standard InChI is InChI=1S/C15H26N2O6S2/c1-4-24-25-9-11(12(18)6-8-14(20)22-2)17-13(19)7-5-10(16)15(21)23-3/h10-11H,4-9,16H2,1-3H3,(H,17,19). The lowest BCUT2D eigenvalue weighted by Gasteiger charge is -2.17. The number of Topliss-reactive ketones (excluding diaryl/α,β-unsaturated/α-hetero) is 1. The van der Waals surface area contributed by atoms with E-state index >= 15 is 0 Å². The fraction of sp³-hybridized carbons (Fsp3) is 0.733. The van der Waals surface area contributed by atoms with Gasteiger partial charge in [0.1, 0.15) is 6.04 Å². The molecule has 0 radical (unpaired) electrons. The summed E-state index contributed by atoms with van der Waals surface area (Å²) in [6, 6.07) is -1.58. The summed E-state index contributed by atoms with van der Waals surface area (Å²) in [5.74, 6) is -0.409. The number of methoxy groups -OCH3 is 2. The van der Waals surface area contributed by atoms with Crippen molar-refractivity contribution in [3.8, 4) is 0 Å². The van der Waals surface area contributed by atoms with Gasteiger partial charge in [0.15, 0.2) is 5.78 Å². The molecule has 0 heterocycles. The second-order valence-electron chi connectivity index (χ2n) is 5.02. The molecule has 0 aromatic carbocycles. The molecule has 0 bridgehead atoms. The van der Waals surface area contributed by atoms with Crippen molar-refractivity contribution in [3.63, 3.8) is 0 Å². The van der Waals surface area contributed by atoms with Gasteiger partial charge >= 0.3 is 11.9 Å². The molecule has 10 heteroatoms. The highest BCUT2D eigenvalue weighted by Crippen LogP contribution is 2.22. The Labute approximate surface area is 155 Å². The molecule has 2 unspecified atom stereocenters. The topological polar surface area (TPSA) is 125 Å². The molecule has 0 rings (SSSR count). The predicted octanol–water partition coefficient (Wildman–Crippen LogP) is 0.675. The summed E-state index contributed by atoms with van der Waals surface area (Å²) >= 11 is 0. The van der Waals surface area contributed by atoms with E-state index in [4.69, 9.17) is 5.73 Å². The molecule has 8 nitrogen and oxygen atoms in total. The van der Waals surface area contributed by atoms with Gasteiger partial charge in [-0.3, -0.25) is 19.2 Å². The molecule has 3 N–H and O–H groups in total.